The summed E-state index contributed by atoms with van der Waals surface area (Å²) >= 11 is 0. The van der Waals surface area contributed by atoms with Crippen molar-refractivity contribution in [2.75, 3.05) is 6.61 Å². The molecule has 0 aromatic carbocycles. The second kappa shape index (κ2) is 10.1. The molecule has 3 aliphatic heterocycles. The molecule has 0 aromatic rings. The molecule has 15 nitrogen and oxygen atoms in total. The molecule has 3 fully saturated rings. The lowest BCUT2D eigenvalue weighted by Crippen LogP contribution is -2.66. The first kappa shape index (κ1) is 25.6. The lowest BCUT2D eigenvalue weighted by atomic mass is 9.96. The summed E-state index contributed by atoms with van der Waals surface area (Å²) in [6.45, 7) is 0.906. The van der Waals surface area contributed by atoms with Gasteiger partial charge in [-0.25, -0.2) is 4.79 Å². The van der Waals surface area contributed by atoms with Crippen molar-refractivity contribution in [2.24, 2.45) is 0 Å². The molecular weight excluding hydrogens is 444 g/mol. The van der Waals surface area contributed by atoms with Crippen molar-refractivity contribution < 1.29 is 74.4 Å². The average Bonchev–Trinajstić information content (AvgIpc) is 2.74. The van der Waals surface area contributed by atoms with E-state index in [0.29, 0.717) is 0 Å². The van der Waals surface area contributed by atoms with E-state index < -0.39 is 98.6 Å². The Morgan fingerprint density at radius 3 is 1.97 bits per heavy atom. The molecular formula is C17H28O15. The Bertz CT molecular complexity index is 649. The van der Waals surface area contributed by atoms with E-state index in [-0.39, 0.29) is 0 Å². The van der Waals surface area contributed by atoms with Crippen LogP contribution in [-0.2, 0) is 28.5 Å². The molecule has 3 rings (SSSR count). The fourth-order valence-corrected chi connectivity index (χ4v) is 3.68. The van der Waals surface area contributed by atoms with Gasteiger partial charge in [0.25, 0.3) is 0 Å². The Kier molecular flexibility index (Phi) is 8.04. The van der Waals surface area contributed by atoms with Crippen LogP contribution in [0.1, 0.15) is 6.92 Å². The van der Waals surface area contributed by atoms with Gasteiger partial charge < -0.3 is 69.6 Å². The molecule has 0 bridgehead atoms. The number of carboxylic acids is 1. The maximum absolute atomic E-state index is 11.4. The van der Waals surface area contributed by atoms with E-state index in [1.165, 1.54) is 6.92 Å². The van der Waals surface area contributed by atoms with Gasteiger partial charge in [0.1, 0.15) is 54.9 Å². The summed E-state index contributed by atoms with van der Waals surface area (Å²) < 4.78 is 26.1. The van der Waals surface area contributed by atoms with Gasteiger partial charge in [0.15, 0.2) is 25.0 Å². The molecule has 3 aliphatic rings. The first-order chi connectivity index (χ1) is 14.9. The predicted molar refractivity (Wildman–Crippen MR) is 94.4 cm³/mol. The smallest absolute Gasteiger partial charge is 0.335 e. The van der Waals surface area contributed by atoms with E-state index >= 15 is 0 Å². The minimum absolute atomic E-state index is 0.454. The lowest BCUT2D eigenvalue weighted by molar-refractivity contribution is -0.377. The molecule has 0 saturated carbocycles. The summed E-state index contributed by atoms with van der Waals surface area (Å²) in [5, 5.41) is 89.5. The van der Waals surface area contributed by atoms with E-state index in [9.17, 15) is 50.8 Å². The van der Waals surface area contributed by atoms with Crippen molar-refractivity contribution >= 4 is 5.97 Å². The Balaban J connectivity index is 1.82. The first-order valence-corrected chi connectivity index (χ1v) is 9.84. The van der Waals surface area contributed by atoms with Gasteiger partial charge in [0.05, 0.1) is 12.7 Å². The number of carboxylic acid groups (broad SMARTS) is 1. The number of rotatable bonds is 5. The third kappa shape index (κ3) is 4.90. The molecule has 3 heterocycles. The second-order valence-electron chi connectivity index (χ2n) is 7.91. The van der Waals surface area contributed by atoms with Crippen LogP contribution < -0.4 is 0 Å². The van der Waals surface area contributed by atoms with Crippen LogP contribution in [0.2, 0.25) is 0 Å². The van der Waals surface area contributed by atoms with Gasteiger partial charge in [-0.15, -0.1) is 0 Å². The predicted octanol–water partition coefficient (Wildman–Crippen LogP) is -5.81. The summed E-state index contributed by atoms with van der Waals surface area (Å²) in [6, 6.07) is 0. The molecule has 0 aromatic heterocycles. The highest BCUT2D eigenvalue weighted by Gasteiger charge is 2.54. The van der Waals surface area contributed by atoms with Crippen LogP contribution in [0, 0.1) is 0 Å². The van der Waals surface area contributed by atoms with Crippen molar-refractivity contribution in [1.82, 2.24) is 0 Å². The first-order valence-electron chi connectivity index (χ1n) is 9.84. The Morgan fingerprint density at radius 2 is 1.34 bits per heavy atom. The molecule has 0 radical (unpaired) electrons. The lowest BCUT2D eigenvalue weighted by Gasteiger charge is -2.46. The minimum Gasteiger partial charge on any atom is -0.479 e. The van der Waals surface area contributed by atoms with Crippen LogP contribution >= 0.6 is 0 Å². The summed E-state index contributed by atoms with van der Waals surface area (Å²) in [5.41, 5.74) is 0. The summed E-state index contributed by atoms with van der Waals surface area (Å²) in [5.74, 6) is -1.66. The zero-order chi connectivity index (χ0) is 23.9. The summed E-state index contributed by atoms with van der Waals surface area (Å²) in [4.78, 5) is 11.4. The number of ether oxygens (including phenoxy) is 5. The zero-order valence-electron chi connectivity index (χ0n) is 16.8. The third-order valence-electron chi connectivity index (χ3n) is 5.63. The largest absolute Gasteiger partial charge is 0.479 e. The molecule has 15 heteroatoms. The standard InChI is InChI=1S/C17H28O15/c1-3-5(19)7(21)9(23)17(29-3)31-11-10(24)12(14(25)26)30-15(27)13(11)32-16-8(22)6(20)4(18)2-28-16/h3-13,15-24,27H,2H2,1H3,(H,25,26)/t3-,4+,5-,6-,7+,8+,9+,10-,11-,12-,13+,15?,16-,17-/m0/s1. The number of aliphatic hydroxyl groups is 8. The van der Waals surface area contributed by atoms with Crippen molar-refractivity contribution in [1.29, 1.82) is 0 Å². The van der Waals surface area contributed by atoms with Gasteiger partial charge in [0, 0.05) is 0 Å². The molecule has 14 atom stereocenters. The van der Waals surface area contributed by atoms with Gasteiger partial charge in [-0.1, -0.05) is 0 Å². The van der Waals surface area contributed by atoms with Crippen LogP contribution in [0.5, 0.6) is 0 Å². The van der Waals surface area contributed by atoms with Crippen LogP contribution in [0.15, 0.2) is 0 Å². The third-order valence-corrected chi connectivity index (χ3v) is 5.63. The van der Waals surface area contributed by atoms with Crippen molar-refractivity contribution in [2.45, 2.75) is 92.9 Å². The fraction of sp³-hybridized carbons (Fsp3) is 0.941. The van der Waals surface area contributed by atoms with Gasteiger partial charge in [0.2, 0.25) is 0 Å². The SMILES string of the molecule is C[C@@H]1O[C@@H](O[C@H]2[C@H](O)[C@@H](C(=O)O)OC(O)[C@@H]2O[C@@H]2OC[C@@H](O)[C@H](O)[C@H]2O)[C@H](O)[C@H](O)[C@H]1O. The maximum Gasteiger partial charge on any atom is 0.335 e. The number of aliphatic hydroxyl groups excluding tert-OH is 8. The number of aliphatic carboxylic acids is 1. The average molecular weight is 472 g/mol. The summed E-state index contributed by atoms with van der Waals surface area (Å²) in [7, 11) is 0. The Labute approximate surface area is 180 Å². The normalized spacial score (nSPS) is 52.5. The van der Waals surface area contributed by atoms with E-state index in [0.717, 1.165) is 0 Å². The fourth-order valence-electron chi connectivity index (χ4n) is 3.68. The quantitative estimate of drug-likeness (QED) is 0.181. The molecule has 186 valence electrons. The second-order valence-corrected chi connectivity index (χ2v) is 7.91. The van der Waals surface area contributed by atoms with Crippen LogP contribution in [0.25, 0.3) is 0 Å². The van der Waals surface area contributed by atoms with Gasteiger partial charge >= 0.3 is 5.97 Å². The van der Waals surface area contributed by atoms with E-state index in [4.69, 9.17) is 23.7 Å². The summed E-state index contributed by atoms with van der Waals surface area (Å²) in [6.07, 6.45) is -23.9. The highest BCUT2D eigenvalue weighted by molar-refractivity contribution is 5.73. The monoisotopic (exact) mass is 472 g/mol. The van der Waals surface area contributed by atoms with E-state index in [1.54, 1.807) is 0 Å². The Hall–Kier alpha value is -1.05. The highest BCUT2D eigenvalue weighted by atomic mass is 16.8. The van der Waals surface area contributed by atoms with Crippen LogP contribution in [-0.4, -0.2) is 145 Å². The maximum atomic E-state index is 11.4. The topological polar surface area (TPSA) is 245 Å². The van der Waals surface area contributed by atoms with Crippen molar-refractivity contribution in [3.05, 3.63) is 0 Å². The highest BCUT2D eigenvalue weighted by Crippen LogP contribution is 2.32. The molecule has 9 N–H and O–H groups in total. The van der Waals surface area contributed by atoms with E-state index in [2.05, 4.69) is 0 Å². The van der Waals surface area contributed by atoms with Gasteiger partial charge in [-0.3, -0.25) is 0 Å². The molecule has 0 spiro atoms. The van der Waals surface area contributed by atoms with Gasteiger partial charge in [-0.05, 0) is 6.92 Å². The van der Waals surface area contributed by atoms with Crippen LogP contribution in [0.3, 0.4) is 0 Å². The number of carbonyl (C=O) groups is 1. The number of hydrogen-bond acceptors (Lipinski definition) is 14. The molecule has 1 unspecified atom stereocenters. The number of hydrogen-bond donors (Lipinski definition) is 9. The molecule has 0 amide bonds. The molecule has 32 heavy (non-hydrogen) atoms. The van der Waals surface area contributed by atoms with Crippen molar-refractivity contribution in [3.8, 4) is 0 Å². The van der Waals surface area contributed by atoms with Gasteiger partial charge in [-0.2, -0.15) is 0 Å². The van der Waals surface area contributed by atoms with E-state index in [1.807, 2.05) is 0 Å². The molecule has 0 aliphatic carbocycles. The van der Waals surface area contributed by atoms with Crippen molar-refractivity contribution in [3.63, 3.8) is 0 Å². The minimum atomic E-state index is -2.06. The van der Waals surface area contributed by atoms with Crippen LogP contribution in [0.4, 0.5) is 0 Å². The Morgan fingerprint density at radius 1 is 0.750 bits per heavy atom. The molecule has 3 saturated heterocycles. The zero-order valence-corrected chi connectivity index (χ0v) is 16.8.